The Kier molecular flexibility index (Phi) is 3.11. The topological polar surface area (TPSA) is 30.2 Å². The number of ketones is 1. The molecule has 0 unspecified atom stereocenters. The van der Waals surface area contributed by atoms with Crippen LogP contribution in [0.1, 0.15) is 23.9 Å². The van der Waals surface area contributed by atoms with E-state index in [2.05, 4.69) is 0 Å². The minimum Gasteiger partial charge on any atom is -0.453 e. The zero-order valence-corrected chi connectivity index (χ0v) is 9.62. The van der Waals surface area contributed by atoms with Crippen molar-refractivity contribution >= 4 is 17.4 Å². The lowest BCUT2D eigenvalue weighted by atomic mass is 10.2. The van der Waals surface area contributed by atoms with Gasteiger partial charge in [0.05, 0.1) is 0 Å². The van der Waals surface area contributed by atoms with Crippen molar-refractivity contribution in [1.29, 1.82) is 0 Å². The number of hydrogen-bond acceptors (Lipinski definition) is 2. The van der Waals surface area contributed by atoms with Crippen molar-refractivity contribution in [1.82, 2.24) is 0 Å². The SMILES string of the molecule is CCC(=O)c1ccc(-c2cccc(Cl)c2)o1. The molecular formula is C13H11ClO2. The molecule has 0 saturated carbocycles. The molecule has 16 heavy (non-hydrogen) atoms. The van der Waals surface area contributed by atoms with E-state index >= 15 is 0 Å². The third-order valence-electron chi connectivity index (χ3n) is 2.31. The van der Waals surface area contributed by atoms with Gasteiger partial charge in [0.15, 0.2) is 11.5 Å². The van der Waals surface area contributed by atoms with Gasteiger partial charge < -0.3 is 4.42 Å². The van der Waals surface area contributed by atoms with Crippen LogP contribution >= 0.6 is 11.6 Å². The van der Waals surface area contributed by atoms with E-state index in [1.165, 1.54) is 0 Å². The van der Waals surface area contributed by atoms with Crippen LogP contribution in [0, 0.1) is 0 Å². The van der Waals surface area contributed by atoms with Crippen molar-refractivity contribution in [2.24, 2.45) is 0 Å². The molecule has 0 amide bonds. The fraction of sp³-hybridized carbons (Fsp3) is 0.154. The predicted octanol–water partition coefficient (Wildman–Crippen LogP) is 4.19. The molecule has 0 fully saturated rings. The second kappa shape index (κ2) is 4.54. The predicted molar refractivity (Wildman–Crippen MR) is 63.8 cm³/mol. The summed E-state index contributed by atoms with van der Waals surface area (Å²) in [4.78, 5) is 11.4. The zero-order chi connectivity index (χ0) is 11.5. The maximum Gasteiger partial charge on any atom is 0.197 e. The maximum absolute atomic E-state index is 11.4. The third kappa shape index (κ3) is 2.17. The molecule has 2 rings (SSSR count). The Balaban J connectivity index is 2.35. The highest BCUT2D eigenvalue weighted by atomic mass is 35.5. The molecule has 0 bridgehead atoms. The Morgan fingerprint density at radius 3 is 2.81 bits per heavy atom. The van der Waals surface area contributed by atoms with Crippen LogP contribution in [-0.4, -0.2) is 5.78 Å². The van der Waals surface area contributed by atoms with Crippen LogP contribution in [-0.2, 0) is 0 Å². The smallest absolute Gasteiger partial charge is 0.197 e. The molecule has 1 aromatic carbocycles. The first kappa shape index (κ1) is 11.0. The van der Waals surface area contributed by atoms with E-state index in [0.29, 0.717) is 23.0 Å². The first-order valence-corrected chi connectivity index (χ1v) is 5.47. The summed E-state index contributed by atoms with van der Waals surface area (Å²) in [7, 11) is 0. The van der Waals surface area contributed by atoms with Crippen LogP contribution in [0.5, 0.6) is 0 Å². The van der Waals surface area contributed by atoms with Crippen molar-refractivity contribution < 1.29 is 9.21 Å². The number of hydrogen-bond donors (Lipinski definition) is 0. The van der Waals surface area contributed by atoms with E-state index in [-0.39, 0.29) is 5.78 Å². The summed E-state index contributed by atoms with van der Waals surface area (Å²) < 4.78 is 5.47. The number of Topliss-reactive ketones (excluding diaryl/α,β-unsaturated/α-hetero) is 1. The van der Waals surface area contributed by atoms with Crippen LogP contribution in [0.2, 0.25) is 5.02 Å². The van der Waals surface area contributed by atoms with E-state index in [9.17, 15) is 4.79 Å². The molecule has 0 radical (unpaired) electrons. The highest BCUT2D eigenvalue weighted by Gasteiger charge is 2.10. The highest BCUT2D eigenvalue weighted by molar-refractivity contribution is 6.30. The van der Waals surface area contributed by atoms with Gasteiger partial charge in [0.2, 0.25) is 0 Å². The molecule has 0 aliphatic rings. The lowest BCUT2D eigenvalue weighted by Gasteiger charge is -1.97. The lowest BCUT2D eigenvalue weighted by Crippen LogP contribution is -1.92. The van der Waals surface area contributed by atoms with E-state index in [4.69, 9.17) is 16.0 Å². The average Bonchev–Trinajstić information content (AvgIpc) is 2.77. The molecule has 2 aromatic rings. The minimum atomic E-state index is 0.00766. The summed E-state index contributed by atoms with van der Waals surface area (Å²) in [6.07, 6.45) is 0.447. The number of rotatable bonds is 3. The third-order valence-corrected chi connectivity index (χ3v) is 2.55. The molecule has 3 heteroatoms. The Labute approximate surface area is 98.8 Å². The molecule has 2 nitrogen and oxygen atoms in total. The number of furan rings is 1. The molecule has 0 aliphatic carbocycles. The number of benzene rings is 1. The van der Waals surface area contributed by atoms with Crippen molar-refractivity contribution in [3.8, 4) is 11.3 Å². The van der Waals surface area contributed by atoms with Gasteiger partial charge in [-0.1, -0.05) is 30.7 Å². The average molecular weight is 235 g/mol. The Hall–Kier alpha value is -1.54. The fourth-order valence-electron chi connectivity index (χ4n) is 1.46. The van der Waals surface area contributed by atoms with Gasteiger partial charge in [-0.25, -0.2) is 0 Å². The van der Waals surface area contributed by atoms with Gasteiger partial charge in [-0.2, -0.15) is 0 Å². The highest BCUT2D eigenvalue weighted by Crippen LogP contribution is 2.25. The Morgan fingerprint density at radius 1 is 1.31 bits per heavy atom. The zero-order valence-electron chi connectivity index (χ0n) is 8.87. The molecule has 82 valence electrons. The summed E-state index contributed by atoms with van der Waals surface area (Å²) >= 11 is 5.88. The van der Waals surface area contributed by atoms with Gasteiger partial charge in [0.25, 0.3) is 0 Å². The molecule has 1 aromatic heterocycles. The fourth-order valence-corrected chi connectivity index (χ4v) is 1.65. The molecule has 1 heterocycles. The summed E-state index contributed by atoms with van der Waals surface area (Å²) in [5.74, 6) is 1.07. The van der Waals surface area contributed by atoms with Gasteiger partial charge in [-0.3, -0.25) is 4.79 Å². The molecular weight excluding hydrogens is 224 g/mol. The number of carbonyl (C=O) groups is 1. The monoisotopic (exact) mass is 234 g/mol. The van der Waals surface area contributed by atoms with Crippen LogP contribution < -0.4 is 0 Å². The second-order valence-electron chi connectivity index (χ2n) is 3.45. The minimum absolute atomic E-state index is 0.00766. The van der Waals surface area contributed by atoms with Crippen molar-refractivity contribution in [2.45, 2.75) is 13.3 Å². The molecule has 0 N–H and O–H groups in total. The molecule has 0 aliphatic heterocycles. The van der Waals surface area contributed by atoms with Crippen molar-refractivity contribution in [2.75, 3.05) is 0 Å². The normalized spacial score (nSPS) is 10.4. The summed E-state index contributed by atoms with van der Waals surface area (Å²) in [5, 5.41) is 0.650. The van der Waals surface area contributed by atoms with Crippen molar-refractivity contribution in [3.63, 3.8) is 0 Å². The van der Waals surface area contributed by atoms with Gasteiger partial charge >= 0.3 is 0 Å². The van der Waals surface area contributed by atoms with Crippen LogP contribution in [0.4, 0.5) is 0 Å². The summed E-state index contributed by atoms with van der Waals surface area (Å²) in [5.41, 5.74) is 0.877. The van der Waals surface area contributed by atoms with Crippen LogP contribution in [0.25, 0.3) is 11.3 Å². The largest absolute Gasteiger partial charge is 0.453 e. The standard InChI is InChI=1S/C13H11ClO2/c1-2-11(15)13-7-6-12(16-13)9-4-3-5-10(14)8-9/h3-8H,2H2,1H3. The van der Waals surface area contributed by atoms with Gasteiger partial charge in [0.1, 0.15) is 5.76 Å². The quantitative estimate of drug-likeness (QED) is 0.746. The van der Waals surface area contributed by atoms with Gasteiger partial charge in [-0.05, 0) is 24.3 Å². The maximum atomic E-state index is 11.4. The van der Waals surface area contributed by atoms with Gasteiger partial charge in [-0.15, -0.1) is 0 Å². The summed E-state index contributed by atoms with van der Waals surface area (Å²) in [6, 6.07) is 10.8. The van der Waals surface area contributed by atoms with Gasteiger partial charge in [0, 0.05) is 17.0 Å². The first-order valence-electron chi connectivity index (χ1n) is 5.09. The first-order chi connectivity index (χ1) is 7.70. The summed E-state index contributed by atoms with van der Waals surface area (Å²) in [6.45, 7) is 1.81. The molecule has 0 atom stereocenters. The molecule has 0 saturated heterocycles. The number of halogens is 1. The molecule has 0 spiro atoms. The Bertz CT molecular complexity index is 514. The Morgan fingerprint density at radius 2 is 2.12 bits per heavy atom. The van der Waals surface area contributed by atoms with E-state index in [1.807, 2.05) is 19.1 Å². The van der Waals surface area contributed by atoms with Crippen LogP contribution in [0.15, 0.2) is 40.8 Å². The van der Waals surface area contributed by atoms with E-state index in [1.54, 1.807) is 24.3 Å². The van der Waals surface area contributed by atoms with E-state index in [0.717, 1.165) is 5.56 Å². The number of carbonyl (C=O) groups excluding carboxylic acids is 1. The lowest BCUT2D eigenvalue weighted by molar-refractivity contribution is 0.0962. The van der Waals surface area contributed by atoms with E-state index < -0.39 is 0 Å². The van der Waals surface area contributed by atoms with Crippen LogP contribution in [0.3, 0.4) is 0 Å². The van der Waals surface area contributed by atoms with Crippen molar-refractivity contribution in [3.05, 3.63) is 47.2 Å². The second-order valence-corrected chi connectivity index (χ2v) is 3.89.